The van der Waals surface area contributed by atoms with Gasteiger partial charge in [-0.25, -0.2) is 8.42 Å². The molecule has 5 heteroatoms. The Morgan fingerprint density at radius 1 is 1.37 bits per heavy atom. The molecule has 1 saturated heterocycles. The number of sulfonamides is 1. The van der Waals surface area contributed by atoms with E-state index in [-0.39, 0.29) is 12.6 Å². The average Bonchev–Trinajstić information content (AvgIpc) is 2.79. The summed E-state index contributed by atoms with van der Waals surface area (Å²) in [7, 11) is -3.45. The number of aliphatic hydroxyl groups excluding tert-OH is 1. The fraction of sp³-hybridized carbons (Fsp3) is 0.571. The number of nitrogens with zero attached hydrogens (tertiary/aromatic N) is 1. The first-order valence-electron chi connectivity index (χ1n) is 6.60. The van der Waals surface area contributed by atoms with Gasteiger partial charge < -0.3 is 5.11 Å². The monoisotopic (exact) mass is 283 g/mol. The molecule has 0 bridgehead atoms. The van der Waals surface area contributed by atoms with E-state index in [9.17, 15) is 13.5 Å². The summed E-state index contributed by atoms with van der Waals surface area (Å²) in [6.45, 7) is 6.10. The van der Waals surface area contributed by atoms with Gasteiger partial charge in [-0.15, -0.1) is 0 Å². The fourth-order valence-electron chi connectivity index (χ4n) is 2.65. The maximum absolute atomic E-state index is 12.7. The molecule has 1 aromatic rings. The van der Waals surface area contributed by atoms with Gasteiger partial charge in [-0.3, -0.25) is 0 Å². The Hall–Kier alpha value is -0.910. The number of benzene rings is 1. The molecule has 0 aliphatic carbocycles. The number of aliphatic hydroxyl groups is 1. The minimum absolute atomic E-state index is 0.0579. The smallest absolute Gasteiger partial charge is 0.243 e. The highest BCUT2D eigenvalue weighted by atomic mass is 32.2. The normalized spacial score (nSPS) is 20.9. The van der Waals surface area contributed by atoms with Crippen LogP contribution in [-0.2, 0) is 16.6 Å². The van der Waals surface area contributed by atoms with Crippen LogP contribution in [-0.4, -0.2) is 30.4 Å². The number of aryl methyl sites for hydroxylation is 1. The molecule has 1 heterocycles. The van der Waals surface area contributed by atoms with Crippen molar-refractivity contribution >= 4 is 10.0 Å². The molecule has 0 amide bonds. The first-order chi connectivity index (χ1) is 8.87. The molecular weight excluding hydrogens is 262 g/mol. The molecule has 1 unspecified atom stereocenters. The molecule has 0 aromatic heterocycles. The van der Waals surface area contributed by atoms with E-state index < -0.39 is 10.0 Å². The standard InChI is InChI=1S/C14H21NO3S/c1-10-7-13(9-16)8-14(12(10)3)19(17,18)15-6-4-5-11(15)2/h7-8,11,16H,4-6,9H2,1-3H3. The van der Waals surface area contributed by atoms with Gasteiger partial charge in [-0.1, -0.05) is 6.07 Å². The van der Waals surface area contributed by atoms with Crippen molar-refractivity contribution in [3.05, 3.63) is 28.8 Å². The van der Waals surface area contributed by atoms with Gasteiger partial charge in [0.15, 0.2) is 0 Å². The van der Waals surface area contributed by atoms with Gasteiger partial charge in [-0.05, 0) is 56.4 Å². The third-order valence-electron chi connectivity index (χ3n) is 3.94. The van der Waals surface area contributed by atoms with E-state index in [1.165, 1.54) is 0 Å². The summed E-state index contributed by atoms with van der Waals surface area (Å²) >= 11 is 0. The van der Waals surface area contributed by atoms with Crippen molar-refractivity contribution in [2.75, 3.05) is 6.54 Å². The fourth-order valence-corrected chi connectivity index (χ4v) is 4.70. The molecule has 1 fully saturated rings. The van der Waals surface area contributed by atoms with E-state index >= 15 is 0 Å². The van der Waals surface area contributed by atoms with Crippen LogP contribution < -0.4 is 0 Å². The molecule has 1 N–H and O–H groups in total. The van der Waals surface area contributed by atoms with Crippen LogP contribution in [0.3, 0.4) is 0 Å². The first kappa shape index (κ1) is 14.5. The minimum atomic E-state index is -3.45. The Morgan fingerprint density at radius 3 is 2.58 bits per heavy atom. The summed E-state index contributed by atoms with van der Waals surface area (Å²) in [5.74, 6) is 0. The third kappa shape index (κ3) is 2.55. The second kappa shape index (κ2) is 5.23. The molecule has 4 nitrogen and oxygen atoms in total. The van der Waals surface area contributed by atoms with Gasteiger partial charge >= 0.3 is 0 Å². The lowest BCUT2D eigenvalue weighted by Gasteiger charge is -2.23. The lowest BCUT2D eigenvalue weighted by Crippen LogP contribution is -2.34. The summed E-state index contributed by atoms with van der Waals surface area (Å²) < 4.78 is 27.0. The van der Waals surface area contributed by atoms with Crippen molar-refractivity contribution in [2.24, 2.45) is 0 Å². The van der Waals surface area contributed by atoms with Crippen LogP contribution in [0.25, 0.3) is 0 Å². The van der Waals surface area contributed by atoms with E-state index in [4.69, 9.17) is 0 Å². The quantitative estimate of drug-likeness (QED) is 0.922. The molecule has 1 aliphatic heterocycles. The predicted octanol–water partition coefficient (Wildman–Crippen LogP) is 1.97. The van der Waals surface area contributed by atoms with Crippen LogP contribution in [0.4, 0.5) is 0 Å². The maximum atomic E-state index is 12.7. The molecule has 0 saturated carbocycles. The van der Waals surface area contributed by atoms with Crippen LogP contribution in [0.2, 0.25) is 0 Å². The molecule has 2 rings (SSSR count). The van der Waals surface area contributed by atoms with Crippen molar-refractivity contribution in [3.63, 3.8) is 0 Å². The second-order valence-electron chi connectivity index (χ2n) is 5.30. The van der Waals surface area contributed by atoms with E-state index in [1.807, 2.05) is 26.8 Å². The zero-order valence-corrected chi connectivity index (χ0v) is 12.5. The maximum Gasteiger partial charge on any atom is 0.243 e. The molecule has 1 atom stereocenters. The van der Waals surface area contributed by atoms with E-state index in [0.29, 0.717) is 17.0 Å². The zero-order chi connectivity index (χ0) is 14.2. The number of hydrogen-bond donors (Lipinski definition) is 1. The highest BCUT2D eigenvalue weighted by Gasteiger charge is 2.33. The molecule has 1 aromatic carbocycles. The van der Waals surface area contributed by atoms with Crippen LogP contribution in [0.5, 0.6) is 0 Å². The summed E-state index contributed by atoms with van der Waals surface area (Å²) in [5.41, 5.74) is 2.32. The Morgan fingerprint density at radius 2 is 2.05 bits per heavy atom. The third-order valence-corrected chi connectivity index (χ3v) is 6.08. The lowest BCUT2D eigenvalue weighted by atomic mass is 10.1. The average molecular weight is 283 g/mol. The number of rotatable bonds is 3. The first-order valence-corrected chi connectivity index (χ1v) is 8.04. The summed E-state index contributed by atoms with van der Waals surface area (Å²) in [6, 6.07) is 3.49. The van der Waals surface area contributed by atoms with Crippen LogP contribution in [0, 0.1) is 13.8 Å². The van der Waals surface area contributed by atoms with Crippen molar-refractivity contribution in [2.45, 2.75) is 51.2 Å². The second-order valence-corrected chi connectivity index (χ2v) is 7.16. The highest BCUT2D eigenvalue weighted by molar-refractivity contribution is 7.89. The topological polar surface area (TPSA) is 57.6 Å². The summed E-state index contributed by atoms with van der Waals surface area (Å²) in [5, 5.41) is 9.25. The molecule has 0 radical (unpaired) electrons. The molecule has 1 aliphatic rings. The predicted molar refractivity (Wildman–Crippen MR) is 74.4 cm³/mol. The van der Waals surface area contributed by atoms with Crippen molar-refractivity contribution in [1.82, 2.24) is 4.31 Å². The summed E-state index contributed by atoms with van der Waals surface area (Å²) in [4.78, 5) is 0.338. The zero-order valence-electron chi connectivity index (χ0n) is 11.7. The summed E-state index contributed by atoms with van der Waals surface area (Å²) in [6.07, 6.45) is 1.83. The Kier molecular flexibility index (Phi) is 3.99. The SMILES string of the molecule is Cc1cc(CO)cc(S(=O)(=O)N2CCCC2C)c1C. The molecule has 0 spiro atoms. The van der Waals surface area contributed by atoms with Gasteiger partial charge in [0.25, 0.3) is 0 Å². The van der Waals surface area contributed by atoms with Gasteiger partial charge in [0.1, 0.15) is 0 Å². The molecule has 19 heavy (non-hydrogen) atoms. The largest absolute Gasteiger partial charge is 0.392 e. The number of hydrogen-bond acceptors (Lipinski definition) is 3. The molecule has 106 valence electrons. The Labute approximate surface area is 115 Å². The van der Waals surface area contributed by atoms with Crippen molar-refractivity contribution < 1.29 is 13.5 Å². The van der Waals surface area contributed by atoms with Crippen LogP contribution in [0.1, 0.15) is 36.5 Å². The van der Waals surface area contributed by atoms with Crippen molar-refractivity contribution in [3.8, 4) is 0 Å². The Balaban J connectivity index is 2.54. The van der Waals surface area contributed by atoms with Gasteiger partial charge in [0, 0.05) is 12.6 Å². The highest BCUT2D eigenvalue weighted by Crippen LogP contribution is 2.29. The van der Waals surface area contributed by atoms with Gasteiger partial charge in [-0.2, -0.15) is 4.31 Å². The van der Waals surface area contributed by atoms with Gasteiger partial charge in [0.05, 0.1) is 11.5 Å². The van der Waals surface area contributed by atoms with Gasteiger partial charge in [0.2, 0.25) is 10.0 Å². The lowest BCUT2D eigenvalue weighted by molar-refractivity contribution is 0.281. The minimum Gasteiger partial charge on any atom is -0.392 e. The molecular formula is C14H21NO3S. The van der Waals surface area contributed by atoms with E-state index in [1.54, 1.807) is 10.4 Å². The van der Waals surface area contributed by atoms with Crippen LogP contribution in [0.15, 0.2) is 17.0 Å². The van der Waals surface area contributed by atoms with E-state index in [2.05, 4.69) is 0 Å². The van der Waals surface area contributed by atoms with Crippen molar-refractivity contribution in [1.29, 1.82) is 0 Å². The van der Waals surface area contributed by atoms with Crippen LogP contribution >= 0.6 is 0 Å². The Bertz CT molecular complexity index is 581. The van der Waals surface area contributed by atoms with E-state index in [0.717, 1.165) is 24.0 Å².